The molecular weight excluding hydrogens is 534 g/mol. The summed E-state index contributed by atoms with van der Waals surface area (Å²) in [6.07, 6.45) is 0.522. The fourth-order valence-electron chi connectivity index (χ4n) is 3.85. The Morgan fingerprint density at radius 3 is 2.46 bits per heavy atom. The predicted octanol–water partition coefficient (Wildman–Crippen LogP) is 4.00. The van der Waals surface area contributed by atoms with Crippen LogP contribution in [0, 0.1) is 11.3 Å². The molecule has 1 atom stereocenters. The molecule has 3 N–H and O–H groups in total. The number of amides is 2. The van der Waals surface area contributed by atoms with Crippen molar-refractivity contribution in [1.82, 2.24) is 20.3 Å². The maximum atomic E-state index is 14.6. The number of rotatable bonds is 10. The minimum atomic E-state index is -3.41. The number of ether oxygens (including phenoxy) is 1. The highest BCUT2D eigenvalue weighted by molar-refractivity contribution is 5.79. The predicted molar refractivity (Wildman–Crippen MR) is 145 cm³/mol. The van der Waals surface area contributed by atoms with Gasteiger partial charge in [0.2, 0.25) is 5.91 Å². The van der Waals surface area contributed by atoms with Crippen molar-refractivity contribution in [2.45, 2.75) is 51.2 Å². The molecule has 216 valence electrons. The van der Waals surface area contributed by atoms with E-state index in [0.29, 0.717) is 11.2 Å². The zero-order chi connectivity index (χ0) is 30.0. The second-order valence-corrected chi connectivity index (χ2v) is 10.1. The van der Waals surface area contributed by atoms with E-state index in [4.69, 9.17) is 4.74 Å². The zero-order valence-electron chi connectivity index (χ0n) is 23.0. The topological polar surface area (TPSA) is 142 Å². The zero-order valence-corrected chi connectivity index (χ0v) is 23.0. The van der Waals surface area contributed by atoms with Gasteiger partial charge in [-0.1, -0.05) is 36.4 Å². The summed E-state index contributed by atoms with van der Waals surface area (Å²) in [5.41, 5.74) is -0.778. The molecule has 3 rings (SSSR count). The largest absolute Gasteiger partial charge is 0.444 e. The third kappa shape index (κ3) is 9.13. The normalized spacial score (nSPS) is 12.7. The van der Waals surface area contributed by atoms with Crippen LogP contribution >= 0.6 is 0 Å². The quantitative estimate of drug-likeness (QED) is 0.317. The molecule has 0 fully saturated rings. The molecule has 3 aromatic rings. The molecule has 0 bridgehead atoms. The fraction of sp³-hybridized carbons (Fsp3) is 0.345. The van der Waals surface area contributed by atoms with Gasteiger partial charge < -0.3 is 20.6 Å². The molecule has 2 aromatic heterocycles. The molecule has 0 aliphatic rings. The lowest BCUT2D eigenvalue weighted by atomic mass is 10.0. The van der Waals surface area contributed by atoms with Crippen LogP contribution in [0.5, 0.6) is 0 Å². The van der Waals surface area contributed by atoms with Crippen LogP contribution in [-0.2, 0) is 21.9 Å². The molecule has 10 nitrogen and oxygen atoms in total. The van der Waals surface area contributed by atoms with Crippen molar-refractivity contribution in [3.63, 3.8) is 0 Å². The van der Waals surface area contributed by atoms with Crippen molar-refractivity contribution >= 4 is 12.0 Å². The van der Waals surface area contributed by atoms with E-state index in [0.717, 1.165) is 5.56 Å². The van der Waals surface area contributed by atoms with Crippen molar-refractivity contribution in [2.24, 2.45) is 4.99 Å². The number of alkyl halides is 2. The van der Waals surface area contributed by atoms with E-state index in [9.17, 15) is 28.8 Å². The Kier molecular flexibility index (Phi) is 10.1. The number of pyridine rings is 2. The minimum absolute atomic E-state index is 0.0269. The van der Waals surface area contributed by atoms with E-state index >= 15 is 0 Å². The maximum Gasteiger partial charge on any atom is 0.407 e. The third-order valence-corrected chi connectivity index (χ3v) is 5.75. The molecule has 1 unspecified atom stereocenters. The van der Waals surface area contributed by atoms with Crippen LogP contribution in [-0.4, -0.2) is 45.6 Å². The molecule has 41 heavy (non-hydrogen) atoms. The highest BCUT2D eigenvalue weighted by Crippen LogP contribution is 2.26. The fourth-order valence-corrected chi connectivity index (χ4v) is 3.85. The Morgan fingerprint density at radius 1 is 1.12 bits per heavy atom. The molecular formula is C29H32F2N6O4. The number of carbonyl (C=O) groups excluding carboxylic acids is 2. The van der Waals surface area contributed by atoms with Gasteiger partial charge in [-0.05, 0) is 57.0 Å². The monoisotopic (exact) mass is 566 g/mol. The lowest BCUT2D eigenvalue weighted by Gasteiger charge is -2.22. The first-order chi connectivity index (χ1) is 19.4. The van der Waals surface area contributed by atoms with Gasteiger partial charge in [0, 0.05) is 12.7 Å². The number of nitriles is 1. The smallest absolute Gasteiger partial charge is 0.407 e. The summed E-state index contributed by atoms with van der Waals surface area (Å²) < 4.78 is 34.8. The summed E-state index contributed by atoms with van der Waals surface area (Å²) in [5.74, 6) is -3.96. The second-order valence-electron chi connectivity index (χ2n) is 10.1. The minimum Gasteiger partial charge on any atom is -0.444 e. The Hall–Kier alpha value is -4.79. The summed E-state index contributed by atoms with van der Waals surface area (Å²) in [7, 11) is 0. The van der Waals surface area contributed by atoms with E-state index in [1.54, 1.807) is 32.9 Å². The summed E-state index contributed by atoms with van der Waals surface area (Å²) >= 11 is 0. The number of nitrogens with one attached hydrogen (secondary N) is 2. The van der Waals surface area contributed by atoms with Gasteiger partial charge >= 0.3 is 12.0 Å². The van der Waals surface area contributed by atoms with E-state index in [-0.39, 0.29) is 23.3 Å². The molecule has 0 radical (unpaired) electrons. The van der Waals surface area contributed by atoms with Crippen LogP contribution in [0.4, 0.5) is 13.6 Å². The molecule has 0 aliphatic heterocycles. The van der Waals surface area contributed by atoms with Crippen molar-refractivity contribution < 1.29 is 28.3 Å². The molecule has 0 saturated heterocycles. The molecule has 2 heterocycles. The summed E-state index contributed by atoms with van der Waals surface area (Å²) in [5, 5.41) is 25.8. The Bertz CT molecular complexity index is 1450. The van der Waals surface area contributed by atoms with Gasteiger partial charge in [0.25, 0.3) is 0 Å². The average Bonchev–Trinajstić information content (AvgIpc) is 2.93. The standard InChI is InChI=1S/C29H32F2N6O4/c1-28(2,3)41-27(39)34-16-14-22(20-9-5-4-6-10-20)36-26(38)17-23-21(18-32)12-13-25(37(23)40)35-19-29(30,31)24-11-7-8-15-33-24/h4-13,15,22,40H,14,16-17,19H2,1-3H3,(H,34,39)(H,36,38). The van der Waals surface area contributed by atoms with Gasteiger partial charge in [0.1, 0.15) is 23.9 Å². The number of benzene rings is 1. The number of hydrogen-bond acceptors (Lipinski definition) is 7. The average molecular weight is 567 g/mol. The van der Waals surface area contributed by atoms with Gasteiger partial charge in [0.15, 0.2) is 5.49 Å². The summed E-state index contributed by atoms with van der Waals surface area (Å²) in [4.78, 5) is 32.6. The Labute approximate surface area is 236 Å². The van der Waals surface area contributed by atoms with Crippen LogP contribution in [0.25, 0.3) is 0 Å². The van der Waals surface area contributed by atoms with Crippen LogP contribution in [0.15, 0.2) is 71.9 Å². The molecule has 1 aromatic carbocycles. The molecule has 0 saturated carbocycles. The highest BCUT2D eigenvalue weighted by atomic mass is 19.3. The maximum absolute atomic E-state index is 14.6. The number of alkyl carbamates (subject to hydrolysis) is 1. The molecule has 0 aliphatic carbocycles. The number of nitrogens with zero attached hydrogens (tertiary/aromatic N) is 4. The van der Waals surface area contributed by atoms with Crippen LogP contribution < -0.4 is 16.1 Å². The summed E-state index contributed by atoms with van der Waals surface area (Å²) in [6, 6.07) is 17.0. The third-order valence-electron chi connectivity index (χ3n) is 5.75. The van der Waals surface area contributed by atoms with Gasteiger partial charge in [-0.3, -0.25) is 14.8 Å². The van der Waals surface area contributed by atoms with E-state index in [2.05, 4.69) is 20.6 Å². The van der Waals surface area contributed by atoms with Gasteiger partial charge in [-0.15, -0.1) is 0 Å². The van der Waals surface area contributed by atoms with Crippen molar-refractivity contribution in [1.29, 1.82) is 5.26 Å². The number of hydrogen-bond donors (Lipinski definition) is 3. The van der Waals surface area contributed by atoms with E-state index in [1.165, 1.54) is 36.5 Å². The number of halogens is 2. The first-order valence-electron chi connectivity index (χ1n) is 12.8. The first-order valence-corrected chi connectivity index (χ1v) is 12.8. The van der Waals surface area contributed by atoms with Crippen LogP contribution in [0.3, 0.4) is 0 Å². The summed E-state index contributed by atoms with van der Waals surface area (Å²) in [6.45, 7) is 4.42. The van der Waals surface area contributed by atoms with Crippen molar-refractivity contribution in [3.05, 3.63) is 94.9 Å². The van der Waals surface area contributed by atoms with Crippen molar-refractivity contribution in [2.75, 3.05) is 13.1 Å². The lowest BCUT2D eigenvalue weighted by molar-refractivity contribution is -0.121. The first kappa shape index (κ1) is 30.7. The van der Waals surface area contributed by atoms with E-state index in [1.807, 2.05) is 24.3 Å². The molecule has 2 amide bonds. The Balaban J connectivity index is 1.77. The highest BCUT2D eigenvalue weighted by Gasteiger charge is 2.32. The van der Waals surface area contributed by atoms with Crippen LogP contribution in [0.1, 0.15) is 55.7 Å². The molecule has 0 spiro atoms. The lowest BCUT2D eigenvalue weighted by Crippen LogP contribution is -2.36. The Morgan fingerprint density at radius 2 is 1.83 bits per heavy atom. The van der Waals surface area contributed by atoms with E-state index < -0.39 is 48.2 Å². The second kappa shape index (κ2) is 13.5. The van der Waals surface area contributed by atoms with Gasteiger partial charge in [-0.2, -0.15) is 18.8 Å². The van der Waals surface area contributed by atoms with Crippen molar-refractivity contribution in [3.8, 4) is 6.07 Å². The number of carbonyl (C=O) groups is 2. The number of aromatic nitrogens is 2. The van der Waals surface area contributed by atoms with Gasteiger partial charge in [-0.25, -0.2) is 4.79 Å². The van der Waals surface area contributed by atoms with Crippen LogP contribution in [0.2, 0.25) is 0 Å². The van der Waals surface area contributed by atoms with Gasteiger partial charge in [0.05, 0.1) is 23.7 Å². The SMILES string of the molecule is CC(C)(C)OC(=O)NCCC(NC(=O)Cc1c(C#N)ccc(=NCC(F)(F)c2ccccn2)n1O)c1ccccc1. The molecule has 12 heteroatoms.